The smallest absolute Gasteiger partial charge is 0.253 e. The van der Waals surface area contributed by atoms with E-state index in [4.69, 9.17) is 55.9 Å². The van der Waals surface area contributed by atoms with Crippen LogP contribution in [0.15, 0.2) is 97.6 Å². The second-order valence-electron chi connectivity index (χ2n) is 30.5. The van der Waals surface area contributed by atoms with Crippen LogP contribution in [0, 0.1) is 26.9 Å². The summed E-state index contributed by atoms with van der Waals surface area (Å²) >= 11 is 27.5. The van der Waals surface area contributed by atoms with Gasteiger partial charge in [0.2, 0.25) is 11.8 Å². The molecule has 0 aromatic carbocycles. The Hall–Kier alpha value is -5.17. The normalized spacial score (nSPS) is 21.3. The molecular formula is C80H96Cl4F6IN5O8. The molecule has 3 N–H and O–H groups in total. The lowest BCUT2D eigenvalue weighted by Crippen LogP contribution is -2.39. The highest BCUT2D eigenvalue weighted by Crippen LogP contribution is 2.47. The van der Waals surface area contributed by atoms with Crippen molar-refractivity contribution in [1.82, 2.24) is 22.9 Å². The quantitative estimate of drug-likeness (QED) is 0.0344. The molecule has 3 unspecified atom stereocenters. The van der Waals surface area contributed by atoms with Crippen molar-refractivity contribution in [3.05, 3.63) is 161 Å². The van der Waals surface area contributed by atoms with E-state index in [0.717, 1.165) is 70.3 Å². The molecule has 0 radical (unpaired) electrons. The number of ketones is 3. The topological polar surface area (TPSA) is 157 Å². The number of amides is 1. The van der Waals surface area contributed by atoms with Gasteiger partial charge in [0, 0.05) is 149 Å². The van der Waals surface area contributed by atoms with Crippen molar-refractivity contribution in [3.63, 3.8) is 0 Å². The lowest BCUT2D eigenvalue weighted by Gasteiger charge is -2.41. The molecule has 13 nitrogen and oxygen atoms in total. The Kier molecular flexibility index (Phi) is 27.1. The molecule has 5 fully saturated rings. The number of pyridine rings is 4. The van der Waals surface area contributed by atoms with Gasteiger partial charge in [0.25, 0.3) is 11.8 Å². The molecule has 0 bridgehead atoms. The number of hydrogen-bond acceptors (Lipinski definition) is 8. The maximum atomic E-state index is 13.7. The number of hydrogen-bond donors (Lipinski definition) is 3. The van der Waals surface area contributed by atoms with Gasteiger partial charge in [-0.2, -0.15) is 0 Å². The number of Topliss-reactive ketones (excluding diaryl/α,β-unsaturated/α-hetero) is 3. The van der Waals surface area contributed by atoms with E-state index < -0.39 is 34.9 Å². The Bertz CT molecular complexity index is 4340. The summed E-state index contributed by atoms with van der Waals surface area (Å²) in [5.41, 5.74) is 6.53. The molecule has 3 atom stereocenters. The van der Waals surface area contributed by atoms with Gasteiger partial charge in [-0.15, -0.1) is 0 Å². The van der Waals surface area contributed by atoms with Crippen molar-refractivity contribution in [2.75, 3.05) is 34.0 Å². The zero-order valence-corrected chi connectivity index (χ0v) is 65.0. The van der Waals surface area contributed by atoms with Gasteiger partial charge in [-0.1, -0.05) is 80.0 Å². The van der Waals surface area contributed by atoms with Crippen LogP contribution in [0.25, 0.3) is 22.1 Å². The number of alkyl halides is 6. The maximum Gasteiger partial charge on any atom is 0.253 e. The number of methoxy groups -OCH3 is 2. The van der Waals surface area contributed by atoms with Gasteiger partial charge in [0.05, 0.1) is 75.8 Å². The first-order valence-corrected chi connectivity index (χ1v) is 39.1. The molecule has 8 aromatic rings. The van der Waals surface area contributed by atoms with E-state index in [1.54, 1.807) is 45.4 Å². The summed E-state index contributed by atoms with van der Waals surface area (Å²) in [7, 11) is 3.31. The number of ether oxygens (including phenoxy) is 2. The number of carbonyl (C=O) groups is 4. The zero-order valence-electron chi connectivity index (χ0n) is 59.8. The maximum absolute atomic E-state index is 13.7. The summed E-state index contributed by atoms with van der Waals surface area (Å²) in [6.07, 6.45) is 19.3. The Morgan fingerprint density at radius 1 is 0.548 bits per heavy atom. The number of rotatable bonds is 22. The van der Waals surface area contributed by atoms with Crippen molar-refractivity contribution in [1.29, 1.82) is 0 Å². The number of carbonyl (C=O) groups excluding carboxylic acids is 4. The van der Waals surface area contributed by atoms with Gasteiger partial charge in [-0.3, -0.25) is 19.2 Å². The SMILES string of the molecule is COCCc1cc(C(=O)CCC2(O)CCCC(C)(C)C2)c2c(Cl)cccn12.COCCc1cc(C(=O)CCC2CCC(F)(F)C(C)C2)c2c(Cl)cccn12.O=C(CCC1(O)CCC(F)(F)CC1)c1cc(C2CCC2)n2cccc(Cl)c12.O=C(NCC1CCC(F)(F)CC1)c1cc(I)n2cccc(Cl)c12. The van der Waals surface area contributed by atoms with E-state index in [-0.39, 0.29) is 98.3 Å². The van der Waals surface area contributed by atoms with E-state index in [1.165, 1.54) is 6.42 Å². The van der Waals surface area contributed by atoms with E-state index >= 15 is 0 Å². The van der Waals surface area contributed by atoms with E-state index in [1.807, 2.05) is 90.9 Å². The van der Waals surface area contributed by atoms with Crippen LogP contribution in [0.4, 0.5) is 26.3 Å². The summed E-state index contributed by atoms with van der Waals surface area (Å²) in [4.78, 5) is 51.3. The standard InChI is InChI=1S/C22H30ClNO3.C21H24ClF2NO2.C21H26ClF2NO2.C16H16ClF2IN2O/c1-21(2)9-5-10-22(26,15-21)11-7-19(25)17-14-16(8-13-27-3)24-12-4-6-18(23)20(17)24;22-16-5-2-12-25-17(14-3-1-4-14)13-15(19(16)25)18(26)6-7-20(27)8-10-21(23,24)11-9-20;1-14-12-15(7-9-21(14,23)24)5-6-19(26)17-13-16(8-11-27-2)25-10-3-4-18(22)20(17)25;17-12-2-1-7-22-13(20)8-11(14(12)22)15(23)21-9-10-3-5-16(18,19)6-4-10/h4,6,12,14,26H,5,7-11,13,15H2,1-3H3;2,5,12-14,27H,1,3-4,6-11H2;3-4,10,13-15H,5-9,11-12H2,1-2H3;1-2,7-8,10H,3-6,9H2,(H,21,23). The second-order valence-corrected chi connectivity index (χ2v) is 33.2. The van der Waals surface area contributed by atoms with Gasteiger partial charge in [0.15, 0.2) is 17.3 Å². The van der Waals surface area contributed by atoms with Gasteiger partial charge < -0.3 is 42.6 Å². The lowest BCUT2D eigenvalue weighted by molar-refractivity contribution is -0.105. The first-order chi connectivity index (χ1) is 49.2. The van der Waals surface area contributed by atoms with Crippen molar-refractivity contribution in [3.8, 4) is 0 Å². The summed E-state index contributed by atoms with van der Waals surface area (Å²) in [6, 6.07) is 22.1. The first-order valence-electron chi connectivity index (χ1n) is 36.5. The highest BCUT2D eigenvalue weighted by Gasteiger charge is 2.44. The minimum Gasteiger partial charge on any atom is -0.390 e. The monoisotopic (exact) mass is 1640 g/mol. The van der Waals surface area contributed by atoms with Gasteiger partial charge in [0.1, 0.15) is 0 Å². The Morgan fingerprint density at radius 2 is 1.01 bits per heavy atom. The minimum atomic E-state index is -2.69. The Labute approximate surface area is 638 Å². The molecule has 1 amide bonds. The van der Waals surface area contributed by atoms with Gasteiger partial charge in [-0.25, -0.2) is 26.3 Å². The molecule has 566 valence electrons. The first kappa shape index (κ1) is 81.3. The van der Waals surface area contributed by atoms with Crippen molar-refractivity contribution < 1.29 is 65.2 Å². The molecule has 8 aromatic heterocycles. The van der Waals surface area contributed by atoms with Crippen molar-refractivity contribution in [2.24, 2.45) is 23.2 Å². The molecule has 0 aliphatic heterocycles. The highest BCUT2D eigenvalue weighted by molar-refractivity contribution is 14.1. The second kappa shape index (κ2) is 34.6. The number of aromatic nitrogens is 4. The Morgan fingerprint density at radius 3 is 1.51 bits per heavy atom. The van der Waals surface area contributed by atoms with E-state index in [2.05, 4.69) is 41.8 Å². The molecule has 24 heteroatoms. The summed E-state index contributed by atoms with van der Waals surface area (Å²) in [6.45, 7) is 7.57. The van der Waals surface area contributed by atoms with Crippen LogP contribution in [0.1, 0.15) is 239 Å². The zero-order chi connectivity index (χ0) is 75.1. The average molecular weight is 1640 g/mol. The van der Waals surface area contributed by atoms with Crippen LogP contribution in [0.5, 0.6) is 0 Å². The molecule has 0 saturated heterocycles. The van der Waals surface area contributed by atoms with E-state index in [9.17, 15) is 55.7 Å². The summed E-state index contributed by atoms with van der Waals surface area (Å²) < 4.78 is 99.4. The third-order valence-corrected chi connectivity index (χ3v) is 24.3. The average Bonchev–Trinajstić information content (AvgIpc) is 1.62. The number of halogens is 11. The van der Waals surface area contributed by atoms with Crippen LogP contribution >= 0.6 is 69.0 Å². The van der Waals surface area contributed by atoms with Crippen LogP contribution in [0.2, 0.25) is 20.1 Å². The lowest BCUT2D eigenvalue weighted by atomic mass is 9.68. The molecule has 8 heterocycles. The third kappa shape index (κ3) is 20.0. The van der Waals surface area contributed by atoms with Crippen LogP contribution in [-0.4, -0.2) is 114 Å². The van der Waals surface area contributed by atoms with Crippen LogP contribution in [0.3, 0.4) is 0 Å². The highest BCUT2D eigenvalue weighted by atomic mass is 127. The van der Waals surface area contributed by atoms with Crippen LogP contribution in [-0.2, 0) is 22.3 Å². The third-order valence-electron chi connectivity index (χ3n) is 22.2. The number of fused-ring (bicyclic) bond motifs is 4. The molecule has 5 aliphatic rings. The molecule has 5 aliphatic carbocycles. The van der Waals surface area contributed by atoms with Crippen LogP contribution < -0.4 is 5.32 Å². The molecule has 0 spiro atoms. The predicted molar refractivity (Wildman–Crippen MR) is 407 cm³/mol. The van der Waals surface area contributed by atoms with Crippen molar-refractivity contribution in [2.45, 2.75) is 223 Å². The number of nitrogens with zero attached hydrogens (tertiary/aromatic N) is 4. The van der Waals surface area contributed by atoms with E-state index in [0.29, 0.717) is 143 Å². The summed E-state index contributed by atoms with van der Waals surface area (Å²) in [5.74, 6) is -7.91. The number of aliphatic hydroxyl groups is 2. The predicted octanol–water partition coefficient (Wildman–Crippen LogP) is 21.4. The Balaban J connectivity index is 0.000000149. The molecule has 13 rings (SSSR count). The largest absolute Gasteiger partial charge is 0.390 e. The minimum absolute atomic E-state index is 0.0225. The fraction of sp³-hybridized carbons (Fsp3) is 0.550. The molecule has 104 heavy (non-hydrogen) atoms. The summed E-state index contributed by atoms with van der Waals surface area (Å²) in [5, 5.41) is 26.6. The van der Waals surface area contributed by atoms with Gasteiger partial charge in [-0.05, 0) is 208 Å². The fourth-order valence-corrected chi connectivity index (χ4v) is 17.7. The van der Waals surface area contributed by atoms with Gasteiger partial charge >= 0.3 is 0 Å². The fourth-order valence-electron chi connectivity index (χ4n) is 15.9. The number of nitrogens with one attached hydrogen (secondary N) is 1. The molecular weight excluding hydrogens is 1540 g/mol. The molecule has 5 saturated carbocycles. The van der Waals surface area contributed by atoms with Crippen molar-refractivity contribution >= 4 is 114 Å².